The minimum Gasteiger partial charge on any atom is -0.343 e. The van der Waals surface area contributed by atoms with Crippen LogP contribution in [0.4, 0.5) is 5.69 Å². The maximum absolute atomic E-state index is 12.4. The van der Waals surface area contributed by atoms with Gasteiger partial charge in [0.05, 0.1) is 5.56 Å². The highest BCUT2D eigenvalue weighted by atomic mass is 16.2. The van der Waals surface area contributed by atoms with E-state index in [-0.39, 0.29) is 17.5 Å². The van der Waals surface area contributed by atoms with E-state index in [1.54, 1.807) is 38.4 Å². The van der Waals surface area contributed by atoms with E-state index in [1.807, 2.05) is 29.1 Å². The number of anilines is 1. The molecule has 7 nitrogen and oxygen atoms in total. The third kappa shape index (κ3) is 3.72. The van der Waals surface area contributed by atoms with E-state index in [2.05, 4.69) is 15.3 Å². The third-order valence-corrected chi connectivity index (χ3v) is 3.52. The van der Waals surface area contributed by atoms with Crippen molar-refractivity contribution >= 4 is 17.5 Å². The van der Waals surface area contributed by atoms with Gasteiger partial charge < -0.3 is 14.8 Å². The zero-order valence-corrected chi connectivity index (χ0v) is 13.9. The molecule has 0 unspecified atom stereocenters. The maximum atomic E-state index is 12.4. The van der Waals surface area contributed by atoms with Crippen LogP contribution in [0, 0.1) is 0 Å². The lowest BCUT2D eigenvalue weighted by molar-refractivity contribution is 0.0821. The molecule has 0 saturated carbocycles. The average Bonchev–Trinajstić information content (AvgIpc) is 3.16. The Balaban J connectivity index is 1.74. The van der Waals surface area contributed by atoms with E-state index < -0.39 is 0 Å². The van der Waals surface area contributed by atoms with E-state index in [1.165, 1.54) is 17.3 Å². The van der Waals surface area contributed by atoms with Crippen LogP contribution in [-0.4, -0.2) is 45.3 Å². The molecule has 126 valence electrons. The fourth-order valence-corrected chi connectivity index (χ4v) is 2.22. The normalized spacial score (nSPS) is 10.3. The van der Waals surface area contributed by atoms with Gasteiger partial charge >= 0.3 is 0 Å². The lowest BCUT2D eigenvalue weighted by Gasteiger charge is -2.11. The predicted octanol–water partition coefficient (Wildman–Crippen LogP) is 2.22. The highest BCUT2D eigenvalue weighted by molar-refractivity contribution is 6.04. The summed E-state index contributed by atoms with van der Waals surface area (Å²) in [6.45, 7) is 0. The van der Waals surface area contributed by atoms with Crippen LogP contribution in [0.5, 0.6) is 0 Å². The highest BCUT2D eigenvalue weighted by Gasteiger charge is 2.12. The molecule has 0 aromatic carbocycles. The molecule has 3 rings (SSSR count). The lowest BCUT2D eigenvalue weighted by atomic mass is 10.2. The summed E-state index contributed by atoms with van der Waals surface area (Å²) in [4.78, 5) is 34.0. The van der Waals surface area contributed by atoms with Crippen molar-refractivity contribution in [2.24, 2.45) is 0 Å². The maximum Gasteiger partial charge on any atom is 0.272 e. The number of rotatable bonds is 4. The number of pyridine rings is 2. The summed E-state index contributed by atoms with van der Waals surface area (Å²) in [6.07, 6.45) is 6.75. The summed E-state index contributed by atoms with van der Waals surface area (Å²) in [5.74, 6) is 0.194. The number of hydrogen-bond donors (Lipinski definition) is 1. The summed E-state index contributed by atoms with van der Waals surface area (Å²) in [6, 6.07) is 10.4. The van der Waals surface area contributed by atoms with Gasteiger partial charge in [-0.25, -0.2) is 4.98 Å². The van der Waals surface area contributed by atoms with Gasteiger partial charge in [0.1, 0.15) is 11.5 Å². The number of amides is 2. The fourth-order valence-electron chi connectivity index (χ4n) is 2.22. The van der Waals surface area contributed by atoms with Crippen LogP contribution in [0.1, 0.15) is 20.8 Å². The Kier molecular flexibility index (Phi) is 4.56. The van der Waals surface area contributed by atoms with Gasteiger partial charge in [-0.05, 0) is 36.4 Å². The molecule has 0 spiro atoms. The van der Waals surface area contributed by atoms with Crippen molar-refractivity contribution in [1.29, 1.82) is 0 Å². The first-order valence-electron chi connectivity index (χ1n) is 7.63. The van der Waals surface area contributed by atoms with Crippen LogP contribution in [-0.2, 0) is 0 Å². The van der Waals surface area contributed by atoms with Crippen LogP contribution in [0.15, 0.2) is 61.2 Å². The van der Waals surface area contributed by atoms with Gasteiger partial charge in [-0.3, -0.25) is 14.6 Å². The van der Waals surface area contributed by atoms with Gasteiger partial charge in [-0.15, -0.1) is 0 Å². The SMILES string of the molecule is CN(C)C(=O)c1cc(NC(=O)c2ccc(-n3cccc3)nc2)ccn1. The molecule has 0 fully saturated rings. The Morgan fingerprint density at radius 3 is 2.48 bits per heavy atom. The first kappa shape index (κ1) is 16.4. The van der Waals surface area contributed by atoms with Crippen LogP contribution >= 0.6 is 0 Å². The molecule has 0 aliphatic carbocycles. The largest absolute Gasteiger partial charge is 0.343 e. The molecule has 2 amide bonds. The van der Waals surface area contributed by atoms with Crippen LogP contribution in [0.3, 0.4) is 0 Å². The third-order valence-electron chi connectivity index (χ3n) is 3.52. The van der Waals surface area contributed by atoms with E-state index in [4.69, 9.17) is 0 Å². The second-order valence-corrected chi connectivity index (χ2v) is 5.58. The van der Waals surface area contributed by atoms with Crippen LogP contribution in [0.25, 0.3) is 5.82 Å². The van der Waals surface area contributed by atoms with E-state index in [0.29, 0.717) is 11.3 Å². The molecule has 3 aromatic rings. The van der Waals surface area contributed by atoms with Gasteiger partial charge in [0.2, 0.25) is 0 Å². The molecule has 3 aromatic heterocycles. The molecule has 0 bridgehead atoms. The quantitative estimate of drug-likeness (QED) is 0.793. The van der Waals surface area contributed by atoms with E-state index in [9.17, 15) is 9.59 Å². The van der Waals surface area contributed by atoms with Gasteiger partial charge in [0, 0.05) is 44.6 Å². The van der Waals surface area contributed by atoms with Crippen molar-refractivity contribution in [2.45, 2.75) is 0 Å². The van der Waals surface area contributed by atoms with Crippen molar-refractivity contribution in [3.8, 4) is 5.82 Å². The minimum absolute atomic E-state index is 0.228. The Bertz CT molecular complexity index is 886. The van der Waals surface area contributed by atoms with Crippen molar-refractivity contribution in [1.82, 2.24) is 19.4 Å². The minimum atomic E-state index is -0.305. The summed E-state index contributed by atoms with van der Waals surface area (Å²) in [7, 11) is 3.29. The van der Waals surface area contributed by atoms with Gasteiger partial charge in [0.15, 0.2) is 0 Å². The predicted molar refractivity (Wildman–Crippen MR) is 93.8 cm³/mol. The van der Waals surface area contributed by atoms with Crippen molar-refractivity contribution in [2.75, 3.05) is 19.4 Å². The molecule has 1 N–H and O–H groups in total. The number of hydrogen-bond acceptors (Lipinski definition) is 4. The molecule has 0 radical (unpaired) electrons. The fraction of sp³-hybridized carbons (Fsp3) is 0.111. The number of carbonyl (C=O) groups is 2. The smallest absolute Gasteiger partial charge is 0.272 e. The summed E-state index contributed by atoms with van der Waals surface area (Å²) in [5.41, 5.74) is 1.19. The lowest BCUT2D eigenvalue weighted by Crippen LogP contribution is -2.23. The Morgan fingerprint density at radius 2 is 1.84 bits per heavy atom. The van der Waals surface area contributed by atoms with Crippen molar-refractivity contribution in [3.63, 3.8) is 0 Å². The van der Waals surface area contributed by atoms with E-state index >= 15 is 0 Å². The second-order valence-electron chi connectivity index (χ2n) is 5.58. The molecule has 0 saturated heterocycles. The molecule has 0 aliphatic rings. The molecule has 0 aliphatic heterocycles. The topological polar surface area (TPSA) is 80.1 Å². The molecule has 0 atom stereocenters. The first-order valence-corrected chi connectivity index (χ1v) is 7.63. The van der Waals surface area contributed by atoms with Gasteiger partial charge in [-0.1, -0.05) is 0 Å². The zero-order valence-electron chi connectivity index (χ0n) is 13.9. The zero-order chi connectivity index (χ0) is 17.8. The van der Waals surface area contributed by atoms with E-state index in [0.717, 1.165) is 5.82 Å². The summed E-state index contributed by atoms with van der Waals surface area (Å²) >= 11 is 0. The number of aromatic nitrogens is 3. The average molecular weight is 335 g/mol. The standard InChI is InChI=1S/C18H17N5O2/c1-22(2)18(25)15-11-14(7-8-19-15)21-17(24)13-5-6-16(20-12-13)23-9-3-4-10-23/h3-12H,1-2H3,(H,19,21,24). The van der Waals surface area contributed by atoms with Crippen LogP contribution in [0.2, 0.25) is 0 Å². The Morgan fingerprint density at radius 1 is 1.08 bits per heavy atom. The second kappa shape index (κ2) is 6.96. The number of nitrogens with one attached hydrogen (secondary N) is 1. The summed E-state index contributed by atoms with van der Waals surface area (Å²) in [5, 5.41) is 2.75. The molecule has 3 heterocycles. The molecular weight excluding hydrogens is 318 g/mol. The van der Waals surface area contributed by atoms with Gasteiger partial charge in [-0.2, -0.15) is 0 Å². The van der Waals surface area contributed by atoms with Crippen molar-refractivity contribution in [3.05, 3.63) is 72.4 Å². The number of carbonyl (C=O) groups excluding carboxylic acids is 2. The van der Waals surface area contributed by atoms with Crippen molar-refractivity contribution < 1.29 is 9.59 Å². The number of nitrogens with zero attached hydrogens (tertiary/aromatic N) is 4. The monoisotopic (exact) mass is 335 g/mol. The van der Waals surface area contributed by atoms with Gasteiger partial charge in [0.25, 0.3) is 11.8 Å². The highest BCUT2D eigenvalue weighted by Crippen LogP contribution is 2.12. The summed E-state index contributed by atoms with van der Waals surface area (Å²) < 4.78 is 1.85. The Hall–Kier alpha value is -3.48. The molecule has 7 heteroatoms. The Labute approximate surface area is 144 Å². The molecular formula is C18H17N5O2. The first-order chi connectivity index (χ1) is 12.0. The van der Waals surface area contributed by atoms with Crippen LogP contribution < -0.4 is 5.32 Å². The molecule has 25 heavy (non-hydrogen) atoms.